The lowest BCUT2D eigenvalue weighted by molar-refractivity contribution is -0.139. The molecule has 248 valence electrons. The maximum absolute atomic E-state index is 14.0. The lowest BCUT2D eigenvalue weighted by atomic mass is 9.99. The summed E-state index contributed by atoms with van der Waals surface area (Å²) in [5.41, 5.74) is 3.21. The predicted molar refractivity (Wildman–Crippen MR) is 170 cm³/mol. The lowest BCUT2D eigenvalue weighted by Crippen LogP contribution is -2.45. The molecule has 0 radical (unpaired) electrons. The average molecular weight is 649 g/mol. The molecular formula is C33H47F3N6O2S. The van der Waals surface area contributed by atoms with E-state index >= 15 is 0 Å². The number of likely N-dealkylation sites (tertiary alicyclic amines) is 3. The van der Waals surface area contributed by atoms with E-state index in [1.165, 1.54) is 23.5 Å². The van der Waals surface area contributed by atoms with Crippen molar-refractivity contribution in [2.24, 2.45) is 5.92 Å². The Bertz CT molecular complexity index is 1310. The highest BCUT2D eigenvalue weighted by molar-refractivity contribution is 7.99. The Morgan fingerprint density at radius 2 is 1.84 bits per heavy atom. The molecule has 3 saturated heterocycles. The van der Waals surface area contributed by atoms with Crippen LogP contribution in [-0.4, -0.2) is 106 Å². The van der Waals surface area contributed by atoms with Crippen molar-refractivity contribution in [3.63, 3.8) is 0 Å². The van der Waals surface area contributed by atoms with Crippen LogP contribution in [0.15, 0.2) is 23.1 Å². The molecular weight excluding hydrogens is 601 g/mol. The van der Waals surface area contributed by atoms with Crippen molar-refractivity contribution in [1.29, 1.82) is 0 Å². The molecule has 6 rings (SSSR count). The van der Waals surface area contributed by atoms with Gasteiger partial charge in [-0.05, 0) is 69.7 Å². The molecule has 5 heterocycles. The summed E-state index contributed by atoms with van der Waals surface area (Å²) < 4.78 is 44.2. The van der Waals surface area contributed by atoms with Gasteiger partial charge in [-0.1, -0.05) is 6.07 Å². The number of aryl methyl sites for hydroxylation is 1. The monoisotopic (exact) mass is 648 g/mol. The highest BCUT2D eigenvalue weighted by Gasteiger charge is 2.35. The Kier molecular flexibility index (Phi) is 10.8. The van der Waals surface area contributed by atoms with Crippen LogP contribution in [-0.2, 0) is 30.5 Å². The molecule has 0 saturated carbocycles. The van der Waals surface area contributed by atoms with E-state index in [1.54, 1.807) is 12.1 Å². The van der Waals surface area contributed by atoms with Gasteiger partial charge in [0.2, 0.25) is 5.91 Å². The van der Waals surface area contributed by atoms with Crippen LogP contribution in [0, 0.1) is 5.92 Å². The van der Waals surface area contributed by atoms with Gasteiger partial charge in [0.05, 0.1) is 11.3 Å². The zero-order chi connectivity index (χ0) is 31.4. The summed E-state index contributed by atoms with van der Waals surface area (Å²) >= 11 is 1.27. The maximum atomic E-state index is 14.0. The third kappa shape index (κ3) is 7.89. The van der Waals surface area contributed by atoms with E-state index in [4.69, 9.17) is 5.10 Å². The van der Waals surface area contributed by atoms with Crippen molar-refractivity contribution >= 4 is 17.7 Å². The lowest BCUT2D eigenvalue weighted by Gasteiger charge is -2.36. The second kappa shape index (κ2) is 14.8. The summed E-state index contributed by atoms with van der Waals surface area (Å²) in [6.07, 6.45) is 3.16. The summed E-state index contributed by atoms with van der Waals surface area (Å²) in [5.74, 6) is 1.13. The highest BCUT2D eigenvalue weighted by atomic mass is 32.2. The SMILES string of the molecule is O=C1CCCN1C1CCN(CCCn2nc(-c3ccc(C(F)(F)F)c(SCCN4CCCC(CO)C4)c3)c3c2CCNC3)CC1. The van der Waals surface area contributed by atoms with Gasteiger partial charge >= 0.3 is 6.18 Å². The number of alkyl halides is 3. The molecule has 3 fully saturated rings. The van der Waals surface area contributed by atoms with Crippen molar-refractivity contribution in [2.45, 2.75) is 81.6 Å². The normalized spacial score (nSPS) is 22.4. The standard InChI is InChI=1S/C33H47F3N6O2S/c34-33(35,36)28-7-6-25(20-30(28)45-19-18-40-12-1-4-24(22-40)23-43)32-27-21-37-11-8-29(27)42(38-32)15-3-13-39-16-9-26(10-17-39)41-14-2-5-31(41)44/h6-7,20,24,26,37,43H,1-5,8-19,21-23H2. The first-order valence-corrected chi connectivity index (χ1v) is 17.8. The average Bonchev–Trinajstić information content (AvgIpc) is 3.64. The number of hydrogen-bond donors (Lipinski definition) is 2. The number of aliphatic hydroxyl groups is 1. The Hall–Kier alpha value is -2.12. The number of carbonyl (C=O) groups excluding carboxylic acids is 1. The first kappa shape index (κ1) is 32.8. The first-order valence-electron chi connectivity index (χ1n) is 16.8. The zero-order valence-electron chi connectivity index (χ0n) is 26.2. The summed E-state index contributed by atoms with van der Waals surface area (Å²) in [4.78, 5) is 19.2. The summed E-state index contributed by atoms with van der Waals surface area (Å²) in [6.45, 7) is 8.80. The molecule has 0 aliphatic carbocycles. The van der Waals surface area contributed by atoms with E-state index in [2.05, 4.69) is 24.7 Å². The van der Waals surface area contributed by atoms with Gasteiger partial charge < -0.3 is 25.1 Å². The van der Waals surface area contributed by atoms with Crippen LogP contribution in [0.2, 0.25) is 0 Å². The van der Waals surface area contributed by atoms with Crippen LogP contribution in [0.25, 0.3) is 11.3 Å². The van der Waals surface area contributed by atoms with E-state index in [9.17, 15) is 23.1 Å². The topological polar surface area (TPSA) is 76.9 Å². The molecule has 45 heavy (non-hydrogen) atoms. The molecule has 4 aliphatic rings. The minimum Gasteiger partial charge on any atom is -0.396 e. The fraction of sp³-hybridized carbons (Fsp3) is 0.697. The fourth-order valence-corrected chi connectivity index (χ4v) is 8.72. The van der Waals surface area contributed by atoms with Crippen molar-refractivity contribution in [1.82, 2.24) is 29.8 Å². The molecule has 1 aromatic heterocycles. The van der Waals surface area contributed by atoms with Crippen LogP contribution in [0.1, 0.15) is 61.8 Å². The highest BCUT2D eigenvalue weighted by Crippen LogP contribution is 2.40. The van der Waals surface area contributed by atoms with Crippen LogP contribution in [0.5, 0.6) is 0 Å². The largest absolute Gasteiger partial charge is 0.417 e. The van der Waals surface area contributed by atoms with Gasteiger partial charge in [0.25, 0.3) is 0 Å². The van der Waals surface area contributed by atoms with Crippen LogP contribution >= 0.6 is 11.8 Å². The number of thioether (sulfide) groups is 1. The molecule has 1 unspecified atom stereocenters. The van der Waals surface area contributed by atoms with Crippen LogP contribution < -0.4 is 5.32 Å². The Morgan fingerprint density at radius 3 is 2.60 bits per heavy atom. The maximum Gasteiger partial charge on any atom is 0.417 e. The molecule has 8 nitrogen and oxygen atoms in total. The molecule has 12 heteroatoms. The third-order valence-corrected chi connectivity index (χ3v) is 11.1. The number of aliphatic hydroxyl groups excluding tert-OH is 1. The zero-order valence-corrected chi connectivity index (χ0v) is 27.0. The van der Waals surface area contributed by atoms with E-state index in [0.717, 1.165) is 114 Å². The van der Waals surface area contributed by atoms with E-state index < -0.39 is 11.7 Å². The Labute approximate surface area is 268 Å². The van der Waals surface area contributed by atoms with Crippen LogP contribution in [0.4, 0.5) is 13.2 Å². The third-order valence-electron chi connectivity index (χ3n) is 10.0. The fourth-order valence-electron chi connectivity index (χ4n) is 7.60. The second-order valence-corrected chi connectivity index (χ2v) is 14.2. The molecule has 1 aromatic carbocycles. The molecule has 1 atom stereocenters. The van der Waals surface area contributed by atoms with Crippen molar-refractivity contribution < 1.29 is 23.1 Å². The van der Waals surface area contributed by atoms with Gasteiger partial charge in [-0.3, -0.25) is 9.48 Å². The van der Waals surface area contributed by atoms with Gasteiger partial charge in [-0.15, -0.1) is 11.8 Å². The second-order valence-electron chi connectivity index (χ2n) is 13.1. The minimum atomic E-state index is -4.42. The molecule has 2 N–H and O–H groups in total. The van der Waals surface area contributed by atoms with Gasteiger partial charge in [0.15, 0.2) is 0 Å². The number of halogens is 3. The van der Waals surface area contributed by atoms with Gasteiger partial charge in [0, 0.05) is 105 Å². The summed E-state index contributed by atoms with van der Waals surface area (Å²) in [5, 5.41) is 18.0. The number of carbonyl (C=O) groups is 1. The number of nitrogens with one attached hydrogen (secondary N) is 1. The molecule has 2 aromatic rings. The van der Waals surface area contributed by atoms with Crippen LogP contribution in [0.3, 0.4) is 0 Å². The number of fused-ring (bicyclic) bond motifs is 1. The molecule has 0 bridgehead atoms. The van der Waals surface area contributed by atoms with Crippen molar-refractivity contribution in [3.05, 3.63) is 35.0 Å². The summed E-state index contributed by atoms with van der Waals surface area (Å²) in [7, 11) is 0. The van der Waals surface area contributed by atoms with Crippen molar-refractivity contribution in [3.8, 4) is 11.3 Å². The number of hydrogen-bond acceptors (Lipinski definition) is 7. The number of nitrogens with zero attached hydrogens (tertiary/aromatic N) is 5. The number of rotatable bonds is 11. The van der Waals surface area contributed by atoms with Gasteiger partial charge in [-0.25, -0.2) is 0 Å². The van der Waals surface area contributed by atoms with Crippen molar-refractivity contribution in [2.75, 3.05) is 64.7 Å². The predicted octanol–water partition coefficient (Wildman–Crippen LogP) is 4.49. The van der Waals surface area contributed by atoms with E-state index in [1.807, 2.05) is 0 Å². The molecule has 4 aliphatic heterocycles. The number of amides is 1. The van der Waals surface area contributed by atoms with E-state index in [-0.39, 0.29) is 17.4 Å². The van der Waals surface area contributed by atoms with E-state index in [0.29, 0.717) is 37.2 Å². The molecule has 1 amide bonds. The Morgan fingerprint density at radius 1 is 1.00 bits per heavy atom. The Balaban J connectivity index is 1.11. The van der Waals surface area contributed by atoms with Gasteiger partial charge in [0.1, 0.15) is 0 Å². The molecule has 0 spiro atoms. The quantitative estimate of drug-likeness (QED) is 0.348. The number of piperidine rings is 2. The van der Waals surface area contributed by atoms with Gasteiger partial charge in [-0.2, -0.15) is 18.3 Å². The number of aromatic nitrogens is 2. The first-order chi connectivity index (χ1) is 21.8. The minimum absolute atomic E-state index is 0.163. The summed E-state index contributed by atoms with van der Waals surface area (Å²) in [6, 6.07) is 4.89. The smallest absolute Gasteiger partial charge is 0.396 e. The number of benzene rings is 1.